The zero-order valence-corrected chi connectivity index (χ0v) is 18.3. The van der Waals surface area contributed by atoms with Gasteiger partial charge >= 0.3 is 6.03 Å². The molecule has 2 aromatic rings. The van der Waals surface area contributed by atoms with Crippen molar-refractivity contribution in [1.82, 2.24) is 15.6 Å². The Hall–Kier alpha value is -3.00. The maximum Gasteiger partial charge on any atom is 0.329 e. The Bertz CT molecular complexity index is 979. The third kappa shape index (κ3) is 5.82. The lowest BCUT2D eigenvalue weighted by Crippen LogP contribution is -2.27. The Morgan fingerprint density at radius 1 is 1.25 bits per heavy atom. The largest absolute Gasteiger partial charge is 0.490 e. The summed E-state index contributed by atoms with van der Waals surface area (Å²) >= 11 is 0. The van der Waals surface area contributed by atoms with Crippen LogP contribution in [-0.4, -0.2) is 36.6 Å². The van der Waals surface area contributed by atoms with E-state index in [2.05, 4.69) is 22.5 Å². The lowest BCUT2D eigenvalue weighted by atomic mass is 10.1. The standard InChI is InChI=1S/C24H29FN4O3/c1-16(18-7-8-21(25)22(12-18)32-15-17-5-6-17)26-10-3-2-4-19-13-20(9-11-27-19)29-14-23(30)28-24(29)31/h7-9,11-13,16-17,26H,2-6,10,14-15H2,1H3,(H,28,30,31)/t16-/m1/s1. The average Bonchev–Trinajstić information content (AvgIpc) is 3.55. The number of aromatic nitrogens is 1. The van der Waals surface area contributed by atoms with Crippen LogP contribution >= 0.6 is 0 Å². The highest BCUT2D eigenvalue weighted by Crippen LogP contribution is 2.31. The van der Waals surface area contributed by atoms with E-state index < -0.39 is 6.03 Å². The molecule has 1 saturated carbocycles. The van der Waals surface area contributed by atoms with Gasteiger partial charge in [0, 0.05) is 23.6 Å². The first kappa shape index (κ1) is 22.2. The van der Waals surface area contributed by atoms with E-state index in [9.17, 15) is 14.0 Å². The number of nitrogens with zero attached hydrogens (tertiary/aromatic N) is 2. The molecule has 3 amide bonds. The van der Waals surface area contributed by atoms with Crippen molar-refractivity contribution in [3.63, 3.8) is 0 Å². The van der Waals surface area contributed by atoms with Crippen molar-refractivity contribution < 1.29 is 18.7 Å². The van der Waals surface area contributed by atoms with E-state index in [1.54, 1.807) is 24.4 Å². The number of carbonyl (C=O) groups is 2. The lowest BCUT2D eigenvalue weighted by Gasteiger charge is -2.16. The number of pyridine rings is 1. The van der Waals surface area contributed by atoms with Gasteiger partial charge in [-0.15, -0.1) is 0 Å². The number of ether oxygens (including phenoxy) is 1. The fourth-order valence-corrected chi connectivity index (χ4v) is 3.68. The van der Waals surface area contributed by atoms with E-state index in [-0.39, 0.29) is 24.3 Å². The van der Waals surface area contributed by atoms with E-state index in [4.69, 9.17) is 4.74 Å². The summed E-state index contributed by atoms with van der Waals surface area (Å²) in [5, 5.41) is 5.76. The number of hydrogen-bond acceptors (Lipinski definition) is 5. The van der Waals surface area contributed by atoms with Gasteiger partial charge in [-0.05, 0) is 81.3 Å². The molecule has 0 bridgehead atoms. The van der Waals surface area contributed by atoms with Crippen LogP contribution in [0.25, 0.3) is 0 Å². The van der Waals surface area contributed by atoms with Crippen LogP contribution in [0.4, 0.5) is 14.9 Å². The molecule has 1 aromatic heterocycles. The lowest BCUT2D eigenvalue weighted by molar-refractivity contribution is -0.117. The molecule has 8 heteroatoms. The summed E-state index contributed by atoms with van der Waals surface area (Å²) < 4.78 is 19.6. The van der Waals surface area contributed by atoms with Gasteiger partial charge in [-0.25, -0.2) is 9.18 Å². The normalized spacial score (nSPS) is 16.9. The molecule has 2 N–H and O–H groups in total. The van der Waals surface area contributed by atoms with Crippen molar-refractivity contribution in [2.45, 2.75) is 45.1 Å². The SMILES string of the molecule is C[C@@H](NCCCCc1cc(N2CC(=O)NC2=O)ccn1)c1ccc(F)c(OCC2CC2)c1. The number of aryl methyl sites for hydroxylation is 1. The molecule has 2 heterocycles. The van der Waals surface area contributed by atoms with Gasteiger partial charge in [-0.3, -0.25) is 20.0 Å². The molecule has 1 aliphatic heterocycles. The molecule has 4 rings (SSSR count). The zero-order valence-electron chi connectivity index (χ0n) is 18.3. The van der Waals surface area contributed by atoms with E-state index in [1.165, 1.54) is 23.8 Å². The fourth-order valence-electron chi connectivity index (χ4n) is 3.68. The Morgan fingerprint density at radius 2 is 2.09 bits per heavy atom. The molecule has 2 fully saturated rings. The second-order valence-electron chi connectivity index (χ2n) is 8.52. The number of amides is 3. The highest BCUT2D eigenvalue weighted by molar-refractivity contribution is 6.12. The van der Waals surface area contributed by atoms with Gasteiger partial charge < -0.3 is 10.1 Å². The summed E-state index contributed by atoms with van der Waals surface area (Å²) in [4.78, 5) is 29.0. The van der Waals surface area contributed by atoms with Crippen molar-refractivity contribution in [1.29, 1.82) is 0 Å². The Kier molecular flexibility index (Phi) is 6.99. The topological polar surface area (TPSA) is 83.6 Å². The second kappa shape index (κ2) is 10.1. The van der Waals surface area contributed by atoms with Crippen LogP contribution in [0.2, 0.25) is 0 Å². The predicted molar refractivity (Wildman–Crippen MR) is 119 cm³/mol. The van der Waals surface area contributed by atoms with Crippen molar-refractivity contribution >= 4 is 17.6 Å². The number of benzene rings is 1. The monoisotopic (exact) mass is 440 g/mol. The number of hydrogen-bond donors (Lipinski definition) is 2. The molecular formula is C24H29FN4O3. The molecule has 7 nitrogen and oxygen atoms in total. The summed E-state index contributed by atoms with van der Waals surface area (Å²) in [6.07, 6.45) is 6.67. The molecule has 0 unspecified atom stereocenters. The Balaban J connectivity index is 1.21. The minimum atomic E-state index is -0.396. The number of urea groups is 1. The van der Waals surface area contributed by atoms with Gasteiger partial charge in [-0.1, -0.05) is 6.07 Å². The summed E-state index contributed by atoms with van der Waals surface area (Å²) in [6, 6.07) is 8.35. The second-order valence-corrected chi connectivity index (χ2v) is 8.52. The van der Waals surface area contributed by atoms with Gasteiger partial charge in [-0.2, -0.15) is 0 Å². The van der Waals surface area contributed by atoms with Crippen LogP contribution in [0, 0.1) is 11.7 Å². The van der Waals surface area contributed by atoms with Crippen molar-refractivity contribution in [2.75, 3.05) is 24.6 Å². The Morgan fingerprint density at radius 3 is 2.84 bits per heavy atom. The average molecular weight is 441 g/mol. The van der Waals surface area contributed by atoms with Gasteiger partial charge in [0.05, 0.1) is 6.61 Å². The number of imide groups is 1. The molecule has 2 aliphatic rings. The first-order valence-electron chi connectivity index (χ1n) is 11.2. The van der Waals surface area contributed by atoms with Crippen LogP contribution in [0.15, 0.2) is 36.5 Å². The van der Waals surface area contributed by atoms with E-state index in [0.29, 0.717) is 24.0 Å². The first-order chi connectivity index (χ1) is 15.5. The zero-order chi connectivity index (χ0) is 22.5. The molecule has 0 spiro atoms. The van der Waals surface area contributed by atoms with Crippen molar-refractivity contribution in [3.8, 4) is 5.75 Å². The van der Waals surface area contributed by atoms with Gasteiger partial charge in [0.25, 0.3) is 0 Å². The predicted octanol–water partition coefficient (Wildman–Crippen LogP) is 3.74. The first-order valence-corrected chi connectivity index (χ1v) is 11.2. The highest BCUT2D eigenvalue weighted by atomic mass is 19.1. The van der Waals surface area contributed by atoms with Crippen molar-refractivity contribution in [2.24, 2.45) is 5.92 Å². The minimum Gasteiger partial charge on any atom is -0.490 e. The van der Waals surface area contributed by atoms with Crippen LogP contribution in [-0.2, 0) is 11.2 Å². The number of unbranched alkanes of at least 4 members (excludes halogenated alkanes) is 1. The summed E-state index contributed by atoms with van der Waals surface area (Å²) in [5.74, 6) is 0.310. The van der Waals surface area contributed by atoms with Gasteiger partial charge in [0.15, 0.2) is 11.6 Å². The fraction of sp³-hybridized carbons (Fsp3) is 0.458. The quantitative estimate of drug-likeness (QED) is 0.411. The van der Waals surface area contributed by atoms with E-state index >= 15 is 0 Å². The Labute approximate surface area is 187 Å². The van der Waals surface area contributed by atoms with E-state index in [1.807, 2.05) is 6.07 Å². The minimum absolute atomic E-state index is 0.0425. The maximum atomic E-state index is 14.0. The number of halogens is 1. The summed E-state index contributed by atoms with van der Waals surface area (Å²) in [6.45, 7) is 3.52. The van der Waals surface area contributed by atoms with Crippen LogP contribution < -0.4 is 20.3 Å². The molecule has 1 atom stereocenters. The number of nitrogens with one attached hydrogen (secondary N) is 2. The third-order valence-corrected chi connectivity index (χ3v) is 5.84. The summed E-state index contributed by atoms with van der Waals surface area (Å²) in [5.41, 5.74) is 2.57. The highest BCUT2D eigenvalue weighted by Gasteiger charge is 2.28. The van der Waals surface area contributed by atoms with E-state index in [0.717, 1.165) is 37.1 Å². The van der Waals surface area contributed by atoms with Crippen molar-refractivity contribution in [3.05, 3.63) is 53.6 Å². The van der Waals surface area contributed by atoms with Gasteiger partial charge in [0.1, 0.15) is 6.54 Å². The van der Waals surface area contributed by atoms with Crippen LogP contribution in [0.5, 0.6) is 5.75 Å². The number of anilines is 1. The van der Waals surface area contributed by atoms with Gasteiger partial charge in [0.2, 0.25) is 5.91 Å². The molecule has 0 radical (unpaired) electrons. The molecule has 1 aromatic carbocycles. The molecule has 170 valence electrons. The molecule has 32 heavy (non-hydrogen) atoms. The van der Waals surface area contributed by atoms with Crippen LogP contribution in [0.1, 0.15) is 49.9 Å². The molecule has 1 saturated heterocycles. The molecule has 1 aliphatic carbocycles. The maximum absolute atomic E-state index is 14.0. The van der Waals surface area contributed by atoms with Crippen LogP contribution in [0.3, 0.4) is 0 Å². The molecular weight excluding hydrogens is 411 g/mol. The summed E-state index contributed by atoms with van der Waals surface area (Å²) in [7, 11) is 0. The third-order valence-electron chi connectivity index (χ3n) is 5.84. The number of carbonyl (C=O) groups excluding carboxylic acids is 2. The number of rotatable bonds is 11. The smallest absolute Gasteiger partial charge is 0.329 e.